The molecule has 0 atom stereocenters. The van der Waals surface area contributed by atoms with Crippen LogP contribution in [0.15, 0.2) is 97.1 Å². The van der Waals surface area contributed by atoms with E-state index in [2.05, 4.69) is 33.0 Å². The summed E-state index contributed by atoms with van der Waals surface area (Å²) in [6, 6.07) is 31.2. The van der Waals surface area contributed by atoms with Gasteiger partial charge >= 0.3 is 0 Å². The van der Waals surface area contributed by atoms with Crippen molar-refractivity contribution in [2.75, 3.05) is 11.9 Å². The molecule has 1 amide bonds. The average molecular weight is 394 g/mol. The molecule has 0 spiro atoms. The number of carbonyl (C=O) groups is 1. The lowest BCUT2D eigenvalue weighted by molar-refractivity contribution is 0.0954. The first-order valence-electron chi connectivity index (χ1n) is 9.86. The summed E-state index contributed by atoms with van der Waals surface area (Å²) in [5.74, 6) is 0.524. The number of rotatable bonds is 7. The van der Waals surface area contributed by atoms with Gasteiger partial charge in [0.15, 0.2) is 5.82 Å². The van der Waals surface area contributed by atoms with E-state index < -0.39 is 0 Å². The Hall–Kier alpha value is -3.99. The fraction of sp³-hybridized carbons (Fsp3) is 0.0800. The summed E-state index contributed by atoms with van der Waals surface area (Å²) < 4.78 is 0. The number of hydrogen-bond acceptors (Lipinski definition) is 4. The largest absolute Gasteiger partial charge is 0.352 e. The molecule has 0 bridgehead atoms. The van der Waals surface area contributed by atoms with Crippen LogP contribution >= 0.6 is 0 Å². The molecule has 0 aliphatic carbocycles. The van der Waals surface area contributed by atoms with E-state index in [1.54, 1.807) is 6.07 Å². The minimum atomic E-state index is -0.0971. The van der Waals surface area contributed by atoms with Crippen molar-refractivity contribution in [2.24, 2.45) is 0 Å². The average Bonchev–Trinajstić information content (AvgIpc) is 2.81. The minimum Gasteiger partial charge on any atom is -0.352 e. The van der Waals surface area contributed by atoms with E-state index in [1.165, 1.54) is 5.56 Å². The minimum absolute atomic E-state index is 0.0971. The van der Waals surface area contributed by atoms with Gasteiger partial charge in [0.1, 0.15) is 0 Å². The highest BCUT2D eigenvalue weighted by atomic mass is 16.1. The molecule has 2 N–H and O–H groups in total. The molecular weight excluding hydrogens is 372 g/mol. The van der Waals surface area contributed by atoms with Crippen molar-refractivity contribution in [2.45, 2.75) is 6.42 Å². The van der Waals surface area contributed by atoms with Crippen molar-refractivity contribution in [1.29, 1.82) is 0 Å². The van der Waals surface area contributed by atoms with Crippen molar-refractivity contribution in [3.63, 3.8) is 0 Å². The third-order valence-electron chi connectivity index (χ3n) is 4.67. The molecule has 148 valence electrons. The molecule has 0 aliphatic rings. The number of nitrogens with zero attached hydrogens (tertiary/aromatic N) is 2. The number of benzene rings is 3. The summed E-state index contributed by atoms with van der Waals surface area (Å²) in [5, 5.41) is 14.7. The van der Waals surface area contributed by atoms with Crippen LogP contribution < -0.4 is 10.6 Å². The second-order valence-electron chi connectivity index (χ2n) is 6.87. The molecule has 5 nitrogen and oxygen atoms in total. The lowest BCUT2D eigenvalue weighted by Gasteiger charge is -2.09. The fourth-order valence-corrected chi connectivity index (χ4v) is 3.11. The summed E-state index contributed by atoms with van der Waals surface area (Å²) in [4.78, 5) is 12.5. The third-order valence-corrected chi connectivity index (χ3v) is 4.67. The third kappa shape index (κ3) is 5.08. The fourth-order valence-electron chi connectivity index (χ4n) is 3.11. The molecule has 0 saturated carbocycles. The molecule has 1 heterocycles. The van der Waals surface area contributed by atoms with Gasteiger partial charge in [-0.15, -0.1) is 10.2 Å². The first-order valence-corrected chi connectivity index (χ1v) is 9.86. The summed E-state index contributed by atoms with van der Waals surface area (Å²) in [7, 11) is 0. The van der Waals surface area contributed by atoms with Crippen molar-refractivity contribution in [1.82, 2.24) is 15.5 Å². The maximum atomic E-state index is 12.5. The molecule has 4 rings (SSSR count). The smallest absolute Gasteiger partial charge is 0.251 e. The van der Waals surface area contributed by atoms with Crippen molar-refractivity contribution in [3.8, 4) is 11.3 Å². The Bertz CT molecular complexity index is 1100. The molecule has 1 aromatic heterocycles. The van der Waals surface area contributed by atoms with Crippen LogP contribution in [0.5, 0.6) is 0 Å². The number of carbonyl (C=O) groups excluding carboxylic acids is 1. The van der Waals surface area contributed by atoms with Gasteiger partial charge in [-0.25, -0.2) is 0 Å². The zero-order chi connectivity index (χ0) is 20.6. The SMILES string of the molecule is O=C(NCCc1ccccc1)c1cccc(Nc2ccc(-c3ccccc3)nn2)c1. The molecule has 5 heteroatoms. The second kappa shape index (κ2) is 9.47. The van der Waals surface area contributed by atoms with Gasteiger partial charge in [0, 0.05) is 23.4 Å². The monoisotopic (exact) mass is 394 g/mol. The molecule has 0 saturated heterocycles. The predicted octanol–water partition coefficient (Wildman–Crippen LogP) is 4.86. The van der Waals surface area contributed by atoms with E-state index in [-0.39, 0.29) is 5.91 Å². The van der Waals surface area contributed by atoms with Crippen LogP contribution in [0, 0.1) is 0 Å². The Morgan fingerprint density at radius 1 is 0.767 bits per heavy atom. The van der Waals surface area contributed by atoms with Gasteiger partial charge in [-0.1, -0.05) is 66.7 Å². The maximum absolute atomic E-state index is 12.5. The topological polar surface area (TPSA) is 66.9 Å². The van der Waals surface area contributed by atoms with Crippen LogP contribution in [-0.4, -0.2) is 22.6 Å². The van der Waals surface area contributed by atoms with Crippen LogP contribution in [0.1, 0.15) is 15.9 Å². The van der Waals surface area contributed by atoms with E-state index in [0.29, 0.717) is 17.9 Å². The lowest BCUT2D eigenvalue weighted by atomic mass is 10.1. The summed E-state index contributed by atoms with van der Waals surface area (Å²) in [5.41, 5.74) is 4.42. The van der Waals surface area contributed by atoms with Gasteiger partial charge in [-0.2, -0.15) is 0 Å². The van der Waals surface area contributed by atoms with E-state index in [9.17, 15) is 4.79 Å². The highest BCUT2D eigenvalue weighted by Crippen LogP contribution is 2.19. The zero-order valence-electron chi connectivity index (χ0n) is 16.5. The van der Waals surface area contributed by atoms with Crippen molar-refractivity contribution in [3.05, 3.63) is 108 Å². The van der Waals surface area contributed by atoms with Crippen LogP contribution in [-0.2, 0) is 6.42 Å². The molecule has 4 aromatic rings. The molecule has 0 fully saturated rings. The Kier molecular flexibility index (Phi) is 6.11. The summed E-state index contributed by atoms with van der Waals surface area (Å²) in [6.07, 6.45) is 0.799. The van der Waals surface area contributed by atoms with Gasteiger partial charge in [-0.05, 0) is 42.3 Å². The van der Waals surface area contributed by atoms with Gasteiger partial charge in [0.2, 0.25) is 0 Å². The second-order valence-corrected chi connectivity index (χ2v) is 6.87. The predicted molar refractivity (Wildman–Crippen MR) is 120 cm³/mol. The number of amides is 1. The highest BCUT2D eigenvalue weighted by Gasteiger charge is 2.07. The van der Waals surface area contributed by atoms with Crippen LogP contribution in [0.25, 0.3) is 11.3 Å². The first-order chi connectivity index (χ1) is 14.8. The Morgan fingerprint density at radius 2 is 1.53 bits per heavy atom. The molecule has 0 aliphatic heterocycles. The number of aromatic nitrogens is 2. The zero-order valence-corrected chi connectivity index (χ0v) is 16.5. The number of hydrogen-bond donors (Lipinski definition) is 2. The Morgan fingerprint density at radius 3 is 2.27 bits per heavy atom. The highest BCUT2D eigenvalue weighted by molar-refractivity contribution is 5.95. The lowest BCUT2D eigenvalue weighted by Crippen LogP contribution is -2.25. The number of anilines is 2. The number of nitrogens with one attached hydrogen (secondary N) is 2. The van der Waals surface area contributed by atoms with Crippen molar-refractivity contribution >= 4 is 17.4 Å². The van der Waals surface area contributed by atoms with Crippen LogP contribution in [0.2, 0.25) is 0 Å². The summed E-state index contributed by atoms with van der Waals surface area (Å²) in [6.45, 7) is 0.590. The van der Waals surface area contributed by atoms with E-state index in [0.717, 1.165) is 23.4 Å². The molecule has 3 aromatic carbocycles. The standard InChI is InChI=1S/C25H22N4O/c30-25(26-17-16-19-8-3-1-4-9-19)21-12-7-13-22(18-21)27-24-15-14-23(28-29-24)20-10-5-2-6-11-20/h1-15,18H,16-17H2,(H,26,30)(H,27,29). The van der Waals surface area contributed by atoms with Gasteiger partial charge in [0.25, 0.3) is 5.91 Å². The Labute approximate surface area is 175 Å². The van der Waals surface area contributed by atoms with E-state index in [4.69, 9.17) is 0 Å². The molecule has 0 unspecified atom stereocenters. The quantitative estimate of drug-likeness (QED) is 0.470. The molecule has 0 radical (unpaired) electrons. The maximum Gasteiger partial charge on any atom is 0.251 e. The first kappa shape index (κ1) is 19.3. The summed E-state index contributed by atoms with van der Waals surface area (Å²) >= 11 is 0. The van der Waals surface area contributed by atoms with Crippen LogP contribution in [0.4, 0.5) is 11.5 Å². The van der Waals surface area contributed by atoms with Crippen molar-refractivity contribution < 1.29 is 4.79 Å². The van der Waals surface area contributed by atoms with Gasteiger partial charge < -0.3 is 10.6 Å². The van der Waals surface area contributed by atoms with Crippen LogP contribution in [0.3, 0.4) is 0 Å². The van der Waals surface area contributed by atoms with E-state index >= 15 is 0 Å². The normalized spacial score (nSPS) is 10.4. The van der Waals surface area contributed by atoms with E-state index in [1.807, 2.05) is 78.9 Å². The van der Waals surface area contributed by atoms with Gasteiger partial charge in [0.05, 0.1) is 5.69 Å². The van der Waals surface area contributed by atoms with Gasteiger partial charge in [-0.3, -0.25) is 4.79 Å². The molecular formula is C25H22N4O. The molecule has 30 heavy (non-hydrogen) atoms. The Balaban J connectivity index is 1.36.